The van der Waals surface area contributed by atoms with Crippen molar-refractivity contribution in [3.8, 4) is 17.6 Å². The number of hydrogen-bond acceptors (Lipinski definition) is 4. The summed E-state index contributed by atoms with van der Waals surface area (Å²) in [7, 11) is 0. The van der Waals surface area contributed by atoms with Crippen LogP contribution in [0.25, 0.3) is 6.08 Å². The number of esters is 1. The molecule has 0 atom stereocenters. The maximum atomic E-state index is 11.9. The SMILES string of the molecule is CCCCCCCCOc1ccc(OC(=O)C=Cc2ccc(C#N)cc2)cc1. The molecule has 0 bridgehead atoms. The van der Waals surface area contributed by atoms with Crippen molar-refractivity contribution >= 4 is 12.0 Å². The molecule has 0 heterocycles. The van der Waals surface area contributed by atoms with Crippen LogP contribution < -0.4 is 9.47 Å². The maximum absolute atomic E-state index is 11.9. The Hall–Kier alpha value is -3.06. The van der Waals surface area contributed by atoms with Crippen molar-refractivity contribution in [3.63, 3.8) is 0 Å². The average Bonchev–Trinajstić information content (AvgIpc) is 2.73. The van der Waals surface area contributed by atoms with Crippen LogP contribution in [0.1, 0.15) is 56.6 Å². The number of benzene rings is 2. The third-order valence-corrected chi connectivity index (χ3v) is 4.26. The minimum absolute atomic E-state index is 0.454. The van der Waals surface area contributed by atoms with Gasteiger partial charge in [-0.25, -0.2) is 4.79 Å². The fourth-order valence-electron chi connectivity index (χ4n) is 2.66. The number of nitrogens with zero attached hydrogens (tertiary/aromatic N) is 1. The summed E-state index contributed by atoms with van der Waals surface area (Å²) < 4.78 is 11.0. The van der Waals surface area contributed by atoms with E-state index in [1.807, 2.05) is 12.1 Å². The molecule has 0 aliphatic carbocycles. The van der Waals surface area contributed by atoms with Crippen LogP contribution in [0, 0.1) is 11.3 Å². The number of rotatable bonds is 11. The van der Waals surface area contributed by atoms with Gasteiger partial charge in [-0.1, -0.05) is 51.2 Å². The van der Waals surface area contributed by atoms with E-state index in [0.29, 0.717) is 17.9 Å². The molecular weight excluding hydrogens is 350 g/mol. The normalized spacial score (nSPS) is 10.6. The molecule has 0 N–H and O–H groups in total. The zero-order valence-corrected chi connectivity index (χ0v) is 16.4. The highest BCUT2D eigenvalue weighted by atomic mass is 16.5. The van der Waals surface area contributed by atoms with Crippen LogP contribution in [0.4, 0.5) is 0 Å². The van der Waals surface area contributed by atoms with Crippen LogP contribution in [0.2, 0.25) is 0 Å². The maximum Gasteiger partial charge on any atom is 0.336 e. The quantitative estimate of drug-likeness (QED) is 0.211. The van der Waals surface area contributed by atoms with Gasteiger partial charge in [0.2, 0.25) is 0 Å². The van der Waals surface area contributed by atoms with E-state index in [1.54, 1.807) is 42.5 Å². The number of carbonyl (C=O) groups is 1. The molecule has 2 aromatic rings. The zero-order valence-electron chi connectivity index (χ0n) is 16.4. The number of carbonyl (C=O) groups excluding carboxylic acids is 1. The van der Waals surface area contributed by atoms with Crippen LogP contribution in [-0.2, 0) is 4.79 Å². The summed E-state index contributed by atoms with van der Waals surface area (Å²) in [6, 6.07) is 16.1. The number of nitriles is 1. The molecule has 0 aromatic heterocycles. The molecule has 2 aromatic carbocycles. The van der Waals surface area contributed by atoms with Crippen LogP contribution >= 0.6 is 0 Å². The molecule has 0 amide bonds. The summed E-state index contributed by atoms with van der Waals surface area (Å²) in [4.78, 5) is 11.9. The topological polar surface area (TPSA) is 59.3 Å². The first-order valence-corrected chi connectivity index (χ1v) is 9.84. The van der Waals surface area contributed by atoms with Gasteiger partial charge in [-0.2, -0.15) is 5.26 Å². The largest absolute Gasteiger partial charge is 0.494 e. The summed E-state index contributed by atoms with van der Waals surface area (Å²) in [6.45, 7) is 2.92. The first kappa shape index (κ1) is 21.2. The third-order valence-electron chi connectivity index (χ3n) is 4.26. The zero-order chi connectivity index (χ0) is 20.0. The van der Waals surface area contributed by atoms with Crippen molar-refractivity contribution in [2.24, 2.45) is 0 Å². The molecule has 0 radical (unpaired) electrons. The first-order chi connectivity index (χ1) is 13.7. The fourth-order valence-corrected chi connectivity index (χ4v) is 2.66. The Labute approximate surface area is 167 Å². The Kier molecular flexibility index (Phi) is 9.37. The van der Waals surface area contributed by atoms with E-state index in [0.717, 1.165) is 17.7 Å². The lowest BCUT2D eigenvalue weighted by Crippen LogP contribution is -2.03. The summed E-state index contributed by atoms with van der Waals surface area (Å²) in [5, 5.41) is 8.78. The Morgan fingerprint density at radius 2 is 1.57 bits per heavy atom. The predicted molar refractivity (Wildman–Crippen MR) is 111 cm³/mol. The van der Waals surface area contributed by atoms with Gasteiger partial charge in [-0.05, 0) is 54.5 Å². The molecule has 0 spiro atoms. The highest BCUT2D eigenvalue weighted by Gasteiger charge is 2.02. The second kappa shape index (κ2) is 12.3. The van der Waals surface area contributed by atoms with Gasteiger partial charge in [-0.3, -0.25) is 0 Å². The third kappa shape index (κ3) is 8.09. The lowest BCUT2D eigenvalue weighted by molar-refractivity contribution is -0.128. The summed E-state index contributed by atoms with van der Waals surface area (Å²) >= 11 is 0. The molecule has 0 fully saturated rings. The Bertz CT molecular complexity index is 786. The smallest absolute Gasteiger partial charge is 0.336 e. The Morgan fingerprint density at radius 3 is 2.25 bits per heavy atom. The molecule has 0 aliphatic heterocycles. The number of hydrogen-bond donors (Lipinski definition) is 0. The Balaban J connectivity index is 1.71. The van der Waals surface area contributed by atoms with E-state index < -0.39 is 5.97 Å². The number of ether oxygens (including phenoxy) is 2. The van der Waals surface area contributed by atoms with Crippen molar-refractivity contribution in [2.75, 3.05) is 6.61 Å². The minimum Gasteiger partial charge on any atom is -0.494 e. The molecule has 146 valence electrons. The highest BCUT2D eigenvalue weighted by Crippen LogP contribution is 2.18. The van der Waals surface area contributed by atoms with Crippen molar-refractivity contribution in [3.05, 3.63) is 65.7 Å². The van der Waals surface area contributed by atoms with E-state index in [9.17, 15) is 4.79 Å². The molecule has 0 aliphatic rings. The molecule has 28 heavy (non-hydrogen) atoms. The van der Waals surface area contributed by atoms with Crippen molar-refractivity contribution in [2.45, 2.75) is 45.4 Å². The van der Waals surface area contributed by atoms with Crippen LogP contribution in [-0.4, -0.2) is 12.6 Å². The van der Waals surface area contributed by atoms with Gasteiger partial charge in [0, 0.05) is 6.08 Å². The predicted octanol–water partition coefficient (Wildman–Crippen LogP) is 5.92. The van der Waals surface area contributed by atoms with E-state index in [-0.39, 0.29) is 0 Å². The van der Waals surface area contributed by atoms with Crippen molar-refractivity contribution in [1.29, 1.82) is 5.26 Å². The molecule has 4 heteroatoms. The molecule has 4 nitrogen and oxygen atoms in total. The standard InChI is InChI=1S/C24H27NO3/c1-2-3-4-5-6-7-18-27-22-13-15-23(16-14-22)28-24(26)17-12-20-8-10-21(19-25)11-9-20/h8-17H,2-7,18H2,1H3. The molecule has 0 saturated heterocycles. The molecule has 2 rings (SSSR count). The first-order valence-electron chi connectivity index (χ1n) is 9.84. The van der Waals surface area contributed by atoms with Gasteiger partial charge < -0.3 is 9.47 Å². The summed E-state index contributed by atoms with van der Waals surface area (Å²) in [5.74, 6) is 0.799. The second-order valence-electron chi connectivity index (χ2n) is 6.58. The minimum atomic E-state index is -0.454. The van der Waals surface area contributed by atoms with E-state index in [4.69, 9.17) is 14.7 Å². The lowest BCUT2D eigenvalue weighted by Gasteiger charge is -2.07. The van der Waals surface area contributed by atoms with Crippen LogP contribution in [0.15, 0.2) is 54.6 Å². The van der Waals surface area contributed by atoms with Gasteiger partial charge in [0.1, 0.15) is 11.5 Å². The van der Waals surface area contributed by atoms with Crippen molar-refractivity contribution in [1.82, 2.24) is 0 Å². The van der Waals surface area contributed by atoms with Gasteiger partial charge >= 0.3 is 5.97 Å². The van der Waals surface area contributed by atoms with Gasteiger partial charge in [-0.15, -0.1) is 0 Å². The number of unbranched alkanes of at least 4 members (excludes halogenated alkanes) is 5. The van der Waals surface area contributed by atoms with E-state index in [2.05, 4.69) is 13.0 Å². The van der Waals surface area contributed by atoms with Gasteiger partial charge in [0.05, 0.1) is 18.2 Å². The average molecular weight is 377 g/mol. The molecule has 0 unspecified atom stereocenters. The van der Waals surface area contributed by atoms with Crippen LogP contribution in [0.5, 0.6) is 11.5 Å². The fraction of sp³-hybridized carbons (Fsp3) is 0.333. The Morgan fingerprint density at radius 1 is 0.929 bits per heavy atom. The highest BCUT2D eigenvalue weighted by molar-refractivity contribution is 5.88. The monoisotopic (exact) mass is 377 g/mol. The lowest BCUT2D eigenvalue weighted by atomic mass is 10.1. The summed E-state index contributed by atoms with van der Waals surface area (Å²) in [6.07, 6.45) is 10.4. The van der Waals surface area contributed by atoms with E-state index in [1.165, 1.54) is 38.2 Å². The second-order valence-corrected chi connectivity index (χ2v) is 6.58. The molecular formula is C24H27NO3. The van der Waals surface area contributed by atoms with E-state index >= 15 is 0 Å². The molecule has 0 saturated carbocycles. The summed E-state index contributed by atoms with van der Waals surface area (Å²) in [5.41, 5.74) is 1.41. The van der Waals surface area contributed by atoms with Crippen LogP contribution in [0.3, 0.4) is 0 Å². The van der Waals surface area contributed by atoms with Gasteiger partial charge in [0.25, 0.3) is 0 Å². The van der Waals surface area contributed by atoms with Crippen molar-refractivity contribution < 1.29 is 14.3 Å². The van der Waals surface area contributed by atoms with Gasteiger partial charge in [0.15, 0.2) is 0 Å².